The van der Waals surface area contributed by atoms with E-state index in [1.165, 1.54) is 7.11 Å². The standard InChI is InChI=1S/C11H11N5O2/c1-16-9-5(4-13-16)8-6(15-10(9)12)3-7(14-8)11(17)18-2/h3-4,13H,12H2,1-2H3. The van der Waals surface area contributed by atoms with Crippen LogP contribution in [-0.4, -0.2) is 32.8 Å². The van der Waals surface area contributed by atoms with Gasteiger partial charge in [0.25, 0.3) is 0 Å². The normalized spacial score (nSPS) is 11.2. The second-order valence-electron chi connectivity index (χ2n) is 3.96. The van der Waals surface area contributed by atoms with Crippen LogP contribution in [0.15, 0.2) is 12.3 Å². The van der Waals surface area contributed by atoms with E-state index in [-0.39, 0.29) is 5.69 Å². The van der Waals surface area contributed by atoms with Crippen LogP contribution >= 0.6 is 0 Å². The van der Waals surface area contributed by atoms with E-state index in [0.29, 0.717) is 16.9 Å². The van der Waals surface area contributed by atoms with Crippen molar-refractivity contribution in [2.24, 2.45) is 7.05 Å². The van der Waals surface area contributed by atoms with Crippen molar-refractivity contribution in [1.82, 2.24) is 19.7 Å². The van der Waals surface area contributed by atoms with E-state index in [9.17, 15) is 4.79 Å². The lowest BCUT2D eigenvalue weighted by molar-refractivity contribution is 0.0595. The zero-order valence-corrected chi connectivity index (χ0v) is 9.89. The number of pyridine rings is 1. The molecule has 0 unspecified atom stereocenters. The zero-order valence-electron chi connectivity index (χ0n) is 9.89. The maximum Gasteiger partial charge on any atom is 0.356 e. The van der Waals surface area contributed by atoms with E-state index in [1.54, 1.807) is 16.9 Å². The first-order valence-corrected chi connectivity index (χ1v) is 5.30. The van der Waals surface area contributed by atoms with Gasteiger partial charge in [-0.2, -0.15) is 0 Å². The fourth-order valence-corrected chi connectivity index (χ4v) is 2.05. The number of carbonyl (C=O) groups is 1. The Bertz CT molecular complexity index is 771. The van der Waals surface area contributed by atoms with Crippen molar-refractivity contribution in [1.29, 1.82) is 0 Å². The number of anilines is 1. The van der Waals surface area contributed by atoms with Crippen LogP contribution in [0.4, 0.5) is 5.82 Å². The number of fused-ring (bicyclic) bond motifs is 3. The Balaban J connectivity index is 2.40. The van der Waals surface area contributed by atoms with E-state index >= 15 is 0 Å². The lowest BCUT2D eigenvalue weighted by Gasteiger charge is -1.99. The number of carbonyl (C=O) groups excluding carboxylic acids is 1. The summed E-state index contributed by atoms with van der Waals surface area (Å²) >= 11 is 0. The third-order valence-electron chi connectivity index (χ3n) is 2.87. The average molecular weight is 245 g/mol. The van der Waals surface area contributed by atoms with E-state index in [2.05, 4.69) is 19.8 Å². The molecule has 0 aliphatic heterocycles. The number of rotatable bonds is 1. The molecule has 0 saturated heterocycles. The molecule has 0 radical (unpaired) electrons. The van der Waals surface area contributed by atoms with Crippen LogP contribution in [0.5, 0.6) is 0 Å². The van der Waals surface area contributed by atoms with Crippen molar-refractivity contribution in [3.05, 3.63) is 18.0 Å². The highest BCUT2D eigenvalue weighted by Gasteiger charge is 2.16. The van der Waals surface area contributed by atoms with Gasteiger partial charge in [0.15, 0.2) is 5.69 Å². The summed E-state index contributed by atoms with van der Waals surface area (Å²) in [6, 6.07) is 1.57. The summed E-state index contributed by atoms with van der Waals surface area (Å²) in [6.07, 6.45) is 1.78. The number of aromatic amines is 1. The molecule has 0 saturated carbocycles. The van der Waals surface area contributed by atoms with Gasteiger partial charge in [0.1, 0.15) is 16.9 Å². The number of aryl methyl sites for hydroxylation is 1. The van der Waals surface area contributed by atoms with Crippen molar-refractivity contribution in [3.8, 4) is 0 Å². The highest BCUT2D eigenvalue weighted by molar-refractivity contribution is 6.08. The Kier molecular flexibility index (Phi) is 2.03. The number of ether oxygens (including phenoxy) is 1. The molecule has 18 heavy (non-hydrogen) atoms. The van der Waals surface area contributed by atoms with Gasteiger partial charge in [-0.1, -0.05) is 0 Å². The smallest absolute Gasteiger partial charge is 0.356 e. The first-order chi connectivity index (χ1) is 8.61. The van der Waals surface area contributed by atoms with Gasteiger partial charge in [-0.05, 0) is 6.07 Å². The SMILES string of the molecule is COC(=O)c1cc2nc(N)c3c(c[nH]n3C)c2n1. The number of nitrogens with two attached hydrogens (primary N) is 1. The third kappa shape index (κ3) is 1.27. The number of hydrogen-bond donors (Lipinski definition) is 2. The Labute approximate surface area is 102 Å². The van der Waals surface area contributed by atoms with Crippen LogP contribution in [-0.2, 0) is 11.8 Å². The van der Waals surface area contributed by atoms with Gasteiger partial charge in [-0.15, -0.1) is 0 Å². The van der Waals surface area contributed by atoms with Crippen LogP contribution in [0, 0.1) is 0 Å². The topological polar surface area (TPSA) is 98.8 Å². The zero-order chi connectivity index (χ0) is 12.9. The number of methoxy groups -OCH3 is 1. The first-order valence-electron chi connectivity index (χ1n) is 5.30. The fourth-order valence-electron chi connectivity index (χ4n) is 2.05. The van der Waals surface area contributed by atoms with Crippen molar-refractivity contribution >= 4 is 33.7 Å². The second-order valence-corrected chi connectivity index (χ2v) is 3.96. The minimum absolute atomic E-state index is 0.232. The Morgan fingerprint density at radius 3 is 3.00 bits per heavy atom. The molecular weight excluding hydrogens is 234 g/mol. The van der Waals surface area contributed by atoms with Gasteiger partial charge in [-0.25, -0.2) is 14.8 Å². The maximum absolute atomic E-state index is 11.5. The first kappa shape index (κ1) is 10.6. The molecule has 7 heteroatoms. The van der Waals surface area contributed by atoms with Gasteiger partial charge in [0.05, 0.1) is 12.6 Å². The van der Waals surface area contributed by atoms with Crippen molar-refractivity contribution in [2.75, 3.05) is 12.8 Å². The molecule has 3 N–H and O–H groups in total. The van der Waals surface area contributed by atoms with E-state index in [4.69, 9.17) is 5.73 Å². The lowest BCUT2D eigenvalue weighted by atomic mass is 10.2. The van der Waals surface area contributed by atoms with Crippen molar-refractivity contribution in [3.63, 3.8) is 0 Å². The lowest BCUT2D eigenvalue weighted by Crippen LogP contribution is -2.00. The molecule has 3 aromatic rings. The van der Waals surface area contributed by atoms with Crippen LogP contribution < -0.4 is 5.73 Å². The monoisotopic (exact) mass is 245 g/mol. The molecule has 7 nitrogen and oxygen atoms in total. The number of nitrogen functional groups attached to an aromatic ring is 1. The summed E-state index contributed by atoms with van der Waals surface area (Å²) in [5.74, 6) is -0.0929. The summed E-state index contributed by atoms with van der Waals surface area (Å²) in [5.41, 5.74) is 8.10. The summed E-state index contributed by atoms with van der Waals surface area (Å²) in [4.78, 5) is 19.9. The molecule has 92 valence electrons. The number of hydrogen-bond acceptors (Lipinski definition) is 5. The molecule has 3 heterocycles. The van der Waals surface area contributed by atoms with Crippen molar-refractivity contribution in [2.45, 2.75) is 0 Å². The van der Waals surface area contributed by atoms with Gasteiger partial charge in [0, 0.05) is 18.6 Å². The summed E-state index contributed by atoms with van der Waals surface area (Å²) in [5, 5.41) is 3.83. The summed E-state index contributed by atoms with van der Waals surface area (Å²) < 4.78 is 6.39. The molecule has 0 atom stereocenters. The molecule has 0 fully saturated rings. The molecule has 3 rings (SSSR count). The number of aromatic nitrogens is 4. The largest absolute Gasteiger partial charge is 0.464 e. The minimum Gasteiger partial charge on any atom is -0.464 e. The molecule has 0 spiro atoms. The van der Waals surface area contributed by atoms with Gasteiger partial charge in [0.2, 0.25) is 0 Å². The third-order valence-corrected chi connectivity index (χ3v) is 2.87. The summed E-state index contributed by atoms with van der Waals surface area (Å²) in [6.45, 7) is 0. The Morgan fingerprint density at radius 1 is 1.50 bits per heavy atom. The van der Waals surface area contributed by atoms with Crippen LogP contribution in [0.2, 0.25) is 0 Å². The quantitative estimate of drug-likeness (QED) is 0.618. The summed E-state index contributed by atoms with van der Waals surface area (Å²) in [7, 11) is 3.14. The maximum atomic E-state index is 11.5. The fraction of sp³-hybridized carbons (Fsp3) is 0.182. The highest BCUT2D eigenvalue weighted by Crippen LogP contribution is 2.27. The van der Waals surface area contributed by atoms with E-state index < -0.39 is 5.97 Å². The van der Waals surface area contributed by atoms with Gasteiger partial charge in [-0.3, -0.25) is 4.68 Å². The molecule has 0 aliphatic rings. The molecule has 0 aliphatic carbocycles. The average Bonchev–Trinajstić information content (AvgIpc) is 2.92. The molecule has 0 bridgehead atoms. The van der Waals surface area contributed by atoms with Crippen molar-refractivity contribution < 1.29 is 9.53 Å². The van der Waals surface area contributed by atoms with Gasteiger partial charge >= 0.3 is 5.97 Å². The molecule has 3 aromatic heterocycles. The van der Waals surface area contributed by atoms with Crippen LogP contribution in [0.1, 0.15) is 10.5 Å². The second kappa shape index (κ2) is 3.46. The number of nitrogens with zero attached hydrogens (tertiary/aromatic N) is 3. The molecule has 0 aromatic carbocycles. The van der Waals surface area contributed by atoms with E-state index in [1.807, 2.05) is 7.05 Å². The number of esters is 1. The molecular formula is C11H11N5O2. The predicted octanol–water partition coefficient (Wildman–Crippen LogP) is 0.818. The Hall–Kier alpha value is -2.57. The van der Waals surface area contributed by atoms with Crippen LogP contribution in [0.3, 0.4) is 0 Å². The molecule has 0 amide bonds. The van der Waals surface area contributed by atoms with Gasteiger partial charge < -0.3 is 15.6 Å². The van der Waals surface area contributed by atoms with E-state index in [0.717, 1.165) is 10.9 Å². The highest BCUT2D eigenvalue weighted by atomic mass is 16.5. The number of H-pyrrole nitrogens is 1. The van der Waals surface area contributed by atoms with Crippen LogP contribution in [0.25, 0.3) is 21.9 Å². The minimum atomic E-state index is -0.486. The Morgan fingerprint density at radius 2 is 2.28 bits per heavy atom. The predicted molar refractivity (Wildman–Crippen MR) is 66.1 cm³/mol. The number of nitrogens with one attached hydrogen (secondary N) is 1.